The number of hydrogen-bond donors (Lipinski definition) is 1. The number of phenolic OH excluding ortho intramolecular Hbond substituents is 1. The van der Waals surface area contributed by atoms with Gasteiger partial charge in [-0.05, 0) is 19.1 Å². The maximum absolute atomic E-state index is 12.6. The minimum atomic E-state index is -5.24. The van der Waals surface area contributed by atoms with Gasteiger partial charge in [-0.15, -0.1) is 0 Å². The SMILES string of the molecule is CCOC(=O)c1cc(C(F)(F)F)c(O)c(C(F)(F)F)c1. The summed E-state index contributed by atoms with van der Waals surface area (Å²) < 4.78 is 79.7. The molecule has 0 aliphatic carbocycles. The third-order valence-electron chi connectivity index (χ3n) is 2.23. The maximum atomic E-state index is 12.6. The average Bonchev–Trinajstić information content (AvgIpc) is 2.26. The van der Waals surface area contributed by atoms with E-state index in [9.17, 15) is 31.1 Å². The van der Waals surface area contributed by atoms with Crippen molar-refractivity contribution in [2.75, 3.05) is 6.61 Å². The first kappa shape index (κ1) is 16.1. The maximum Gasteiger partial charge on any atom is 0.419 e. The van der Waals surface area contributed by atoms with Crippen LogP contribution in [0.4, 0.5) is 26.3 Å². The Morgan fingerprint density at radius 3 is 1.80 bits per heavy atom. The molecule has 1 aromatic carbocycles. The standard InChI is InChI=1S/C11H8F6O3/c1-2-20-9(19)5-3-6(10(12,13)14)8(18)7(4-5)11(15,16)17/h3-4,18H,2H2,1H3. The lowest BCUT2D eigenvalue weighted by Crippen LogP contribution is -2.15. The van der Waals surface area contributed by atoms with Crippen LogP contribution >= 0.6 is 0 Å². The van der Waals surface area contributed by atoms with Crippen molar-refractivity contribution >= 4 is 5.97 Å². The highest BCUT2D eigenvalue weighted by molar-refractivity contribution is 5.90. The van der Waals surface area contributed by atoms with Gasteiger partial charge in [-0.1, -0.05) is 0 Å². The molecule has 1 rings (SSSR count). The quantitative estimate of drug-likeness (QED) is 0.670. The number of alkyl halides is 6. The highest BCUT2D eigenvalue weighted by atomic mass is 19.4. The molecule has 1 aromatic rings. The number of phenols is 1. The zero-order valence-corrected chi connectivity index (χ0v) is 9.89. The van der Waals surface area contributed by atoms with Crippen molar-refractivity contribution in [3.05, 3.63) is 28.8 Å². The largest absolute Gasteiger partial charge is 0.507 e. The number of carbonyl (C=O) groups is 1. The van der Waals surface area contributed by atoms with Crippen molar-refractivity contribution in [3.8, 4) is 5.75 Å². The van der Waals surface area contributed by atoms with Crippen LogP contribution in [0.25, 0.3) is 0 Å². The van der Waals surface area contributed by atoms with Crippen LogP contribution in [0.2, 0.25) is 0 Å². The predicted molar refractivity (Wildman–Crippen MR) is 54.1 cm³/mol. The van der Waals surface area contributed by atoms with Gasteiger partial charge >= 0.3 is 18.3 Å². The van der Waals surface area contributed by atoms with E-state index in [2.05, 4.69) is 4.74 Å². The summed E-state index contributed by atoms with van der Waals surface area (Å²) in [5.74, 6) is -3.32. The first-order valence-corrected chi connectivity index (χ1v) is 5.17. The first-order valence-electron chi connectivity index (χ1n) is 5.17. The van der Waals surface area contributed by atoms with Crippen molar-refractivity contribution in [1.29, 1.82) is 0 Å². The van der Waals surface area contributed by atoms with E-state index in [1.807, 2.05) is 0 Å². The highest BCUT2D eigenvalue weighted by Crippen LogP contribution is 2.44. The van der Waals surface area contributed by atoms with E-state index in [0.717, 1.165) is 0 Å². The van der Waals surface area contributed by atoms with Crippen LogP contribution in [0.5, 0.6) is 5.75 Å². The van der Waals surface area contributed by atoms with Crippen LogP contribution < -0.4 is 0 Å². The number of ether oxygens (including phenoxy) is 1. The molecule has 0 aromatic heterocycles. The Labute approximate surface area is 108 Å². The molecule has 0 fully saturated rings. The van der Waals surface area contributed by atoms with E-state index in [1.165, 1.54) is 6.92 Å². The van der Waals surface area contributed by atoms with Crippen molar-refractivity contribution in [1.82, 2.24) is 0 Å². The molecule has 3 nitrogen and oxygen atoms in total. The molecule has 0 spiro atoms. The number of esters is 1. The fraction of sp³-hybridized carbons (Fsp3) is 0.364. The van der Waals surface area contributed by atoms with Crippen molar-refractivity contribution < 1.29 is 41.0 Å². The van der Waals surface area contributed by atoms with Gasteiger partial charge in [0, 0.05) is 0 Å². The van der Waals surface area contributed by atoms with E-state index in [1.54, 1.807) is 0 Å². The smallest absolute Gasteiger partial charge is 0.419 e. The van der Waals surface area contributed by atoms with Gasteiger partial charge in [0.1, 0.15) is 5.75 Å². The minimum absolute atomic E-state index is 0.114. The summed E-state index contributed by atoms with van der Waals surface area (Å²) in [7, 11) is 0. The van der Waals surface area contributed by atoms with Gasteiger partial charge in [-0.2, -0.15) is 26.3 Å². The molecule has 0 aliphatic heterocycles. The third-order valence-corrected chi connectivity index (χ3v) is 2.23. The summed E-state index contributed by atoms with van der Waals surface area (Å²) in [6.07, 6.45) is -10.5. The lowest BCUT2D eigenvalue weighted by molar-refractivity contribution is -0.145. The van der Waals surface area contributed by atoms with Crippen LogP contribution in [0.3, 0.4) is 0 Å². The molecule has 0 heterocycles. The van der Waals surface area contributed by atoms with E-state index in [0.29, 0.717) is 0 Å². The molecule has 0 unspecified atom stereocenters. The Hall–Kier alpha value is -1.93. The number of halogens is 6. The number of rotatable bonds is 2. The Morgan fingerprint density at radius 2 is 1.50 bits per heavy atom. The normalized spacial score (nSPS) is 12.3. The summed E-state index contributed by atoms with van der Waals surface area (Å²) in [6.45, 7) is 1.12. The Kier molecular flexibility index (Phi) is 4.21. The van der Waals surface area contributed by atoms with Gasteiger partial charge in [0.05, 0.1) is 23.3 Å². The summed E-state index contributed by atoms with van der Waals surface area (Å²) in [5, 5.41) is 9.10. The van der Waals surface area contributed by atoms with E-state index >= 15 is 0 Å². The molecule has 0 saturated carbocycles. The summed E-state index contributed by atoms with van der Waals surface area (Å²) in [6, 6.07) is 0.227. The molecule has 0 saturated heterocycles. The lowest BCUT2D eigenvalue weighted by Gasteiger charge is -2.16. The van der Waals surface area contributed by atoms with Crippen molar-refractivity contribution in [2.24, 2.45) is 0 Å². The number of hydrogen-bond acceptors (Lipinski definition) is 3. The van der Waals surface area contributed by atoms with Gasteiger partial charge in [-0.3, -0.25) is 0 Å². The molecule has 0 radical (unpaired) electrons. The highest BCUT2D eigenvalue weighted by Gasteiger charge is 2.42. The van der Waals surface area contributed by atoms with Crippen LogP contribution in [0, 0.1) is 0 Å². The van der Waals surface area contributed by atoms with E-state index in [4.69, 9.17) is 5.11 Å². The fourth-order valence-corrected chi connectivity index (χ4v) is 1.40. The second-order valence-corrected chi connectivity index (χ2v) is 3.64. The average molecular weight is 302 g/mol. The number of carbonyl (C=O) groups excluding carboxylic acids is 1. The first-order chi connectivity index (χ1) is 8.98. The van der Waals surface area contributed by atoms with Gasteiger partial charge in [0.15, 0.2) is 0 Å². The zero-order chi connectivity index (χ0) is 15.7. The summed E-state index contributed by atoms with van der Waals surface area (Å²) >= 11 is 0. The van der Waals surface area contributed by atoms with Crippen molar-refractivity contribution in [2.45, 2.75) is 19.3 Å². The number of benzene rings is 1. The predicted octanol–water partition coefficient (Wildman–Crippen LogP) is 3.61. The molecule has 0 bridgehead atoms. The number of aromatic hydroxyl groups is 1. The van der Waals surface area contributed by atoms with Crippen LogP contribution in [-0.2, 0) is 17.1 Å². The molecular weight excluding hydrogens is 294 g/mol. The topological polar surface area (TPSA) is 46.5 Å². The van der Waals surface area contributed by atoms with Crippen LogP contribution in [0.1, 0.15) is 28.4 Å². The molecule has 0 amide bonds. The molecule has 0 atom stereocenters. The summed E-state index contributed by atoms with van der Waals surface area (Å²) in [4.78, 5) is 11.3. The van der Waals surface area contributed by atoms with E-state index in [-0.39, 0.29) is 18.7 Å². The molecule has 9 heteroatoms. The lowest BCUT2D eigenvalue weighted by atomic mass is 10.0. The summed E-state index contributed by atoms with van der Waals surface area (Å²) in [5.41, 5.74) is -4.84. The van der Waals surface area contributed by atoms with Crippen molar-refractivity contribution in [3.63, 3.8) is 0 Å². The van der Waals surface area contributed by atoms with Gasteiger partial charge < -0.3 is 9.84 Å². The second kappa shape index (κ2) is 5.22. The third kappa shape index (κ3) is 3.34. The van der Waals surface area contributed by atoms with Crippen LogP contribution in [0.15, 0.2) is 12.1 Å². The van der Waals surface area contributed by atoms with Gasteiger partial charge in [0.2, 0.25) is 0 Å². The second-order valence-electron chi connectivity index (χ2n) is 3.64. The molecule has 0 aliphatic rings. The fourth-order valence-electron chi connectivity index (χ4n) is 1.40. The monoisotopic (exact) mass is 302 g/mol. The molecular formula is C11H8F6O3. The Morgan fingerprint density at radius 1 is 1.10 bits per heavy atom. The van der Waals surface area contributed by atoms with E-state index < -0.39 is 40.8 Å². The Balaban J connectivity index is 3.55. The molecule has 1 N–H and O–H groups in total. The Bertz CT molecular complexity index is 483. The van der Waals surface area contributed by atoms with Gasteiger partial charge in [-0.25, -0.2) is 4.79 Å². The minimum Gasteiger partial charge on any atom is -0.507 e. The molecule has 112 valence electrons. The zero-order valence-electron chi connectivity index (χ0n) is 9.89. The van der Waals surface area contributed by atoms with Crippen LogP contribution in [-0.4, -0.2) is 17.7 Å². The van der Waals surface area contributed by atoms with Gasteiger partial charge in [0.25, 0.3) is 0 Å². The molecule has 20 heavy (non-hydrogen) atoms.